The number of nitrogens with one attached hydrogen (secondary N) is 1. The molecule has 0 saturated heterocycles. The number of amides is 1. The molecule has 0 saturated carbocycles. The topological polar surface area (TPSA) is 46.9 Å². The van der Waals surface area contributed by atoms with Gasteiger partial charge in [-0.2, -0.15) is 0 Å². The van der Waals surface area contributed by atoms with Gasteiger partial charge in [0.25, 0.3) is 0 Å². The largest absolute Gasteiger partial charge is 0.324 e. The van der Waals surface area contributed by atoms with Crippen molar-refractivity contribution >= 4 is 22.4 Å². The molecule has 0 aliphatic rings. The maximum Gasteiger partial charge on any atom is 0.230 e. The van der Waals surface area contributed by atoms with Gasteiger partial charge in [-0.1, -0.05) is 12.1 Å². The Bertz CT molecular complexity index is 753. The SMILES string of the molecule is Cc1nc(NC(=O)Cc2ccc(-n3cccc3)cc2)sc1C. The van der Waals surface area contributed by atoms with Crippen molar-refractivity contribution in [3.8, 4) is 5.69 Å². The molecule has 0 spiro atoms. The van der Waals surface area contributed by atoms with Gasteiger partial charge >= 0.3 is 0 Å². The Balaban J connectivity index is 1.64. The molecule has 0 bridgehead atoms. The van der Waals surface area contributed by atoms with Crippen LogP contribution in [-0.4, -0.2) is 15.5 Å². The van der Waals surface area contributed by atoms with Crippen LogP contribution in [-0.2, 0) is 11.2 Å². The second-order valence-electron chi connectivity index (χ2n) is 5.14. The van der Waals surface area contributed by atoms with Crippen molar-refractivity contribution in [2.75, 3.05) is 5.32 Å². The van der Waals surface area contributed by atoms with Gasteiger partial charge in [-0.15, -0.1) is 11.3 Å². The summed E-state index contributed by atoms with van der Waals surface area (Å²) in [6.45, 7) is 3.95. The lowest BCUT2D eigenvalue weighted by atomic mass is 10.1. The first-order valence-electron chi connectivity index (χ1n) is 7.08. The van der Waals surface area contributed by atoms with E-state index in [1.54, 1.807) is 0 Å². The number of carbonyl (C=O) groups is 1. The van der Waals surface area contributed by atoms with Gasteiger partial charge in [-0.05, 0) is 43.7 Å². The number of hydrogen-bond acceptors (Lipinski definition) is 3. The second-order valence-corrected chi connectivity index (χ2v) is 6.35. The highest BCUT2D eigenvalue weighted by Gasteiger charge is 2.08. The third-order valence-corrected chi connectivity index (χ3v) is 4.47. The molecule has 3 rings (SSSR count). The molecule has 1 N–H and O–H groups in total. The molecule has 2 aromatic heterocycles. The molecule has 1 amide bonds. The van der Waals surface area contributed by atoms with Crippen molar-refractivity contribution in [1.82, 2.24) is 9.55 Å². The van der Waals surface area contributed by atoms with E-state index in [0.29, 0.717) is 11.6 Å². The molecule has 0 aliphatic carbocycles. The number of hydrogen-bond donors (Lipinski definition) is 1. The zero-order valence-electron chi connectivity index (χ0n) is 12.5. The standard InChI is InChI=1S/C17H17N3OS/c1-12-13(2)22-17(18-12)19-16(21)11-14-5-7-15(8-6-14)20-9-3-4-10-20/h3-10H,11H2,1-2H3,(H,18,19,21). The Kier molecular flexibility index (Phi) is 4.06. The van der Waals surface area contributed by atoms with E-state index >= 15 is 0 Å². The van der Waals surface area contributed by atoms with E-state index in [1.165, 1.54) is 11.3 Å². The molecular weight excluding hydrogens is 294 g/mol. The lowest BCUT2D eigenvalue weighted by molar-refractivity contribution is -0.115. The van der Waals surface area contributed by atoms with Crippen LogP contribution in [0.2, 0.25) is 0 Å². The van der Waals surface area contributed by atoms with Crippen molar-refractivity contribution in [2.45, 2.75) is 20.3 Å². The Morgan fingerprint density at radius 3 is 2.45 bits per heavy atom. The Morgan fingerprint density at radius 1 is 1.18 bits per heavy atom. The molecule has 0 unspecified atom stereocenters. The van der Waals surface area contributed by atoms with Crippen molar-refractivity contribution < 1.29 is 4.79 Å². The van der Waals surface area contributed by atoms with Crippen LogP contribution in [0.4, 0.5) is 5.13 Å². The normalized spacial score (nSPS) is 10.6. The first kappa shape index (κ1) is 14.5. The van der Waals surface area contributed by atoms with Gasteiger partial charge in [0.2, 0.25) is 5.91 Å². The smallest absolute Gasteiger partial charge is 0.230 e. The summed E-state index contributed by atoms with van der Waals surface area (Å²) in [4.78, 5) is 17.5. The molecule has 1 aromatic carbocycles. The highest BCUT2D eigenvalue weighted by molar-refractivity contribution is 7.15. The van der Waals surface area contributed by atoms with E-state index in [9.17, 15) is 4.79 Å². The number of aryl methyl sites for hydroxylation is 2. The minimum absolute atomic E-state index is 0.0394. The molecule has 22 heavy (non-hydrogen) atoms. The van der Waals surface area contributed by atoms with E-state index in [2.05, 4.69) is 10.3 Å². The fraction of sp³-hybridized carbons (Fsp3) is 0.176. The predicted molar refractivity (Wildman–Crippen MR) is 89.7 cm³/mol. The summed E-state index contributed by atoms with van der Waals surface area (Å²) in [5.41, 5.74) is 3.04. The average molecular weight is 311 g/mol. The summed E-state index contributed by atoms with van der Waals surface area (Å²) in [5.74, 6) is -0.0394. The molecule has 112 valence electrons. The maximum absolute atomic E-state index is 12.1. The van der Waals surface area contributed by atoms with E-state index < -0.39 is 0 Å². The first-order chi connectivity index (χ1) is 10.6. The number of thiazole rings is 1. The highest BCUT2D eigenvalue weighted by atomic mass is 32.1. The molecule has 2 heterocycles. The zero-order valence-corrected chi connectivity index (χ0v) is 13.4. The van der Waals surface area contributed by atoms with E-state index in [4.69, 9.17) is 0 Å². The van der Waals surface area contributed by atoms with Crippen LogP contribution in [0.1, 0.15) is 16.1 Å². The van der Waals surface area contributed by atoms with Gasteiger partial charge < -0.3 is 9.88 Å². The first-order valence-corrected chi connectivity index (χ1v) is 7.89. The van der Waals surface area contributed by atoms with Crippen LogP contribution >= 0.6 is 11.3 Å². The van der Waals surface area contributed by atoms with E-state index in [1.807, 2.05) is 67.2 Å². The number of aromatic nitrogens is 2. The second kappa shape index (κ2) is 6.15. The zero-order chi connectivity index (χ0) is 15.5. The van der Waals surface area contributed by atoms with Gasteiger partial charge in [-0.3, -0.25) is 4.79 Å². The monoisotopic (exact) mass is 311 g/mol. The van der Waals surface area contributed by atoms with Crippen LogP contribution in [0, 0.1) is 13.8 Å². The van der Waals surface area contributed by atoms with Gasteiger partial charge in [0.05, 0.1) is 12.1 Å². The Morgan fingerprint density at radius 2 is 1.86 bits per heavy atom. The van der Waals surface area contributed by atoms with E-state index in [0.717, 1.165) is 21.8 Å². The molecule has 0 radical (unpaired) electrons. The van der Waals surface area contributed by atoms with Crippen molar-refractivity contribution in [2.24, 2.45) is 0 Å². The van der Waals surface area contributed by atoms with Gasteiger partial charge in [0.1, 0.15) is 0 Å². The lowest BCUT2D eigenvalue weighted by Gasteiger charge is -2.05. The molecule has 0 aliphatic heterocycles. The number of nitrogens with zero attached hydrogens (tertiary/aromatic N) is 2. The highest BCUT2D eigenvalue weighted by Crippen LogP contribution is 2.21. The molecule has 0 atom stereocenters. The van der Waals surface area contributed by atoms with Gasteiger partial charge in [-0.25, -0.2) is 4.98 Å². The third kappa shape index (κ3) is 3.26. The average Bonchev–Trinajstić information content (AvgIpc) is 3.11. The van der Waals surface area contributed by atoms with Crippen LogP contribution in [0.3, 0.4) is 0 Å². The maximum atomic E-state index is 12.1. The number of benzene rings is 1. The molecule has 4 nitrogen and oxygen atoms in total. The van der Waals surface area contributed by atoms with Gasteiger partial charge in [0, 0.05) is 23.0 Å². The number of carbonyl (C=O) groups excluding carboxylic acids is 1. The quantitative estimate of drug-likeness (QED) is 0.798. The fourth-order valence-electron chi connectivity index (χ4n) is 2.17. The summed E-state index contributed by atoms with van der Waals surface area (Å²) in [6.07, 6.45) is 4.34. The molecular formula is C17H17N3OS. The minimum atomic E-state index is -0.0394. The summed E-state index contributed by atoms with van der Waals surface area (Å²) < 4.78 is 2.03. The van der Waals surface area contributed by atoms with Crippen molar-refractivity contribution in [3.05, 3.63) is 64.9 Å². The summed E-state index contributed by atoms with van der Waals surface area (Å²) in [6, 6.07) is 12.0. The predicted octanol–water partition coefficient (Wildman–Crippen LogP) is 3.73. The number of anilines is 1. The number of rotatable bonds is 4. The molecule has 5 heteroatoms. The lowest BCUT2D eigenvalue weighted by Crippen LogP contribution is -2.14. The molecule has 0 fully saturated rings. The van der Waals surface area contributed by atoms with Crippen LogP contribution < -0.4 is 5.32 Å². The molecule has 3 aromatic rings. The summed E-state index contributed by atoms with van der Waals surface area (Å²) in [5, 5.41) is 3.53. The third-order valence-electron chi connectivity index (χ3n) is 3.48. The fourth-order valence-corrected chi connectivity index (χ4v) is 3.00. The van der Waals surface area contributed by atoms with Crippen LogP contribution in [0.5, 0.6) is 0 Å². The minimum Gasteiger partial charge on any atom is -0.324 e. The van der Waals surface area contributed by atoms with Crippen molar-refractivity contribution in [3.63, 3.8) is 0 Å². The Hall–Kier alpha value is -2.40. The summed E-state index contributed by atoms with van der Waals surface area (Å²) in [7, 11) is 0. The van der Waals surface area contributed by atoms with E-state index in [-0.39, 0.29) is 5.91 Å². The Labute approximate surface area is 133 Å². The van der Waals surface area contributed by atoms with Gasteiger partial charge in [0.15, 0.2) is 5.13 Å². The summed E-state index contributed by atoms with van der Waals surface area (Å²) >= 11 is 1.51. The van der Waals surface area contributed by atoms with Crippen LogP contribution in [0.15, 0.2) is 48.8 Å². The van der Waals surface area contributed by atoms with Crippen LogP contribution in [0.25, 0.3) is 5.69 Å². The van der Waals surface area contributed by atoms with Crippen molar-refractivity contribution in [1.29, 1.82) is 0 Å².